The molecule has 0 aliphatic carbocycles. The Morgan fingerprint density at radius 2 is 2.10 bits per heavy atom. The number of nitrogens with zero attached hydrogens (tertiary/aromatic N) is 3. The van der Waals surface area contributed by atoms with Crippen LogP contribution in [0.25, 0.3) is 10.2 Å². The first-order valence-electron chi connectivity index (χ1n) is 7.63. The number of aromatic nitrogens is 2. The van der Waals surface area contributed by atoms with Crippen LogP contribution in [-0.2, 0) is 11.2 Å². The quantitative estimate of drug-likeness (QED) is 0.941. The molecule has 0 saturated carbocycles. The largest absolute Gasteiger partial charge is 0.378 e. The number of ether oxygens (including phenoxy) is 1. The predicted molar refractivity (Wildman–Crippen MR) is 88.1 cm³/mol. The molecule has 1 saturated heterocycles. The monoisotopic (exact) mass is 306 g/mol. The molecule has 0 unspecified atom stereocenters. The summed E-state index contributed by atoms with van der Waals surface area (Å²) >= 11 is 1.72. The van der Waals surface area contributed by atoms with E-state index in [0.29, 0.717) is 12.1 Å². The van der Waals surface area contributed by atoms with Crippen molar-refractivity contribution in [2.24, 2.45) is 0 Å². The summed E-state index contributed by atoms with van der Waals surface area (Å²) in [6.07, 6.45) is 3.50. The van der Waals surface area contributed by atoms with Crippen LogP contribution in [0.3, 0.4) is 0 Å². The van der Waals surface area contributed by atoms with Gasteiger partial charge in [0.25, 0.3) is 0 Å². The molecule has 114 valence electrons. The molecule has 1 aliphatic heterocycles. The molecule has 0 atom stereocenters. The van der Waals surface area contributed by atoms with Crippen molar-refractivity contribution in [1.29, 1.82) is 0 Å². The van der Waals surface area contributed by atoms with Gasteiger partial charge in [0.2, 0.25) is 5.95 Å². The lowest BCUT2D eigenvalue weighted by molar-refractivity contribution is 0.0459. The minimum Gasteiger partial charge on any atom is -0.378 e. The minimum atomic E-state index is 0.369. The zero-order chi connectivity index (χ0) is 14.8. The molecule has 2 aromatic heterocycles. The van der Waals surface area contributed by atoms with Crippen LogP contribution in [0, 0.1) is 0 Å². The van der Waals surface area contributed by atoms with Crippen molar-refractivity contribution in [3.63, 3.8) is 0 Å². The zero-order valence-corrected chi connectivity index (χ0v) is 13.4. The highest BCUT2D eigenvalue weighted by Crippen LogP contribution is 2.33. The van der Waals surface area contributed by atoms with Crippen LogP contribution < -0.4 is 10.6 Å². The molecular weight excluding hydrogens is 284 g/mol. The fourth-order valence-electron chi connectivity index (χ4n) is 2.86. The Bertz CT molecular complexity index is 619. The van der Waals surface area contributed by atoms with Crippen LogP contribution in [0.1, 0.15) is 31.6 Å². The predicted octanol–water partition coefficient (Wildman–Crippen LogP) is 2.84. The number of piperidine rings is 1. The van der Waals surface area contributed by atoms with Crippen molar-refractivity contribution in [3.05, 3.63) is 10.9 Å². The molecule has 21 heavy (non-hydrogen) atoms. The summed E-state index contributed by atoms with van der Waals surface area (Å²) in [5.41, 5.74) is 5.89. The number of hydrogen-bond donors (Lipinski definition) is 1. The lowest BCUT2D eigenvalue weighted by atomic mass is 10.1. The molecule has 0 amide bonds. The van der Waals surface area contributed by atoms with Gasteiger partial charge in [0, 0.05) is 24.6 Å². The van der Waals surface area contributed by atoms with Crippen LogP contribution in [0.2, 0.25) is 0 Å². The molecule has 0 aromatic carbocycles. The first kappa shape index (κ1) is 14.5. The van der Waals surface area contributed by atoms with E-state index in [0.717, 1.165) is 55.0 Å². The van der Waals surface area contributed by atoms with Gasteiger partial charge in [0.1, 0.15) is 10.6 Å². The number of fused-ring (bicyclic) bond motifs is 1. The summed E-state index contributed by atoms with van der Waals surface area (Å²) in [6, 6.07) is 2.21. The van der Waals surface area contributed by atoms with E-state index in [-0.39, 0.29) is 0 Å². The molecule has 0 spiro atoms. The second-order valence-corrected chi connectivity index (χ2v) is 6.45. The summed E-state index contributed by atoms with van der Waals surface area (Å²) in [6.45, 7) is 6.94. The van der Waals surface area contributed by atoms with Crippen LogP contribution in [0.5, 0.6) is 0 Å². The first-order valence-corrected chi connectivity index (χ1v) is 8.45. The maximum Gasteiger partial charge on any atom is 0.223 e. The summed E-state index contributed by atoms with van der Waals surface area (Å²) in [7, 11) is 0. The lowest BCUT2D eigenvalue weighted by Gasteiger charge is -2.32. The average molecular weight is 306 g/mol. The number of thiophene rings is 1. The van der Waals surface area contributed by atoms with E-state index >= 15 is 0 Å². The van der Waals surface area contributed by atoms with Crippen molar-refractivity contribution < 1.29 is 4.74 Å². The van der Waals surface area contributed by atoms with Gasteiger partial charge in [-0.05, 0) is 32.3 Å². The molecule has 3 rings (SSSR count). The highest BCUT2D eigenvalue weighted by atomic mass is 32.1. The van der Waals surface area contributed by atoms with E-state index in [9.17, 15) is 0 Å². The van der Waals surface area contributed by atoms with Gasteiger partial charge in [-0.1, -0.05) is 6.92 Å². The van der Waals surface area contributed by atoms with Crippen molar-refractivity contribution in [1.82, 2.24) is 9.97 Å². The number of nitrogen functional groups attached to an aromatic ring is 1. The summed E-state index contributed by atoms with van der Waals surface area (Å²) in [5.74, 6) is 1.36. The van der Waals surface area contributed by atoms with Crippen LogP contribution in [0.15, 0.2) is 6.07 Å². The molecule has 2 aromatic rings. The number of hydrogen-bond acceptors (Lipinski definition) is 6. The van der Waals surface area contributed by atoms with Gasteiger partial charge in [0.05, 0.1) is 11.5 Å². The molecule has 0 radical (unpaired) electrons. The molecule has 2 N–H and O–H groups in total. The van der Waals surface area contributed by atoms with Crippen molar-refractivity contribution in [2.45, 2.75) is 39.2 Å². The number of nitrogens with two attached hydrogens (primary N) is 1. The van der Waals surface area contributed by atoms with Gasteiger partial charge >= 0.3 is 0 Å². The topological polar surface area (TPSA) is 64.3 Å². The van der Waals surface area contributed by atoms with Crippen molar-refractivity contribution in [2.75, 3.05) is 30.3 Å². The smallest absolute Gasteiger partial charge is 0.223 e. The molecular formula is C15H22N4OS. The van der Waals surface area contributed by atoms with Gasteiger partial charge in [-0.15, -0.1) is 11.3 Å². The Kier molecular flexibility index (Phi) is 4.26. The van der Waals surface area contributed by atoms with E-state index < -0.39 is 0 Å². The van der Waals surface area contributed by atoms with Gasteiger partial charge in [-0.25, -0.2) is 4.98 Å². The molecule has 6 heteroatoms. The molecule has 5 nitrogen and oxygen atoms in total. The van der Waals surface area contributed by atoms with Crippen LogP contribution in [-0.4, -0.2) is 35.8 Å². The minimum absolute atomic E-state index is 0.369. The standard InChI is InChI=1S/C15H22N4OS/c1-3-11-9-12-13(17-15(16)18-14(12)21-11)19-7-5-10(6-8-19)20-4-2/h9-10H,3-8H2,1-2H3,(H2,16,17,18). The van der Waals surface area contributed by atoms with Crippen molar-refractivity contribution in [3.8, 4) is 0 Å². The molecule has 1 aliphatic rings. The number of aryl methyl sites for hydroxylation is 1. The normalized spacial score (nSPS) is 16.8. The summed E-state index contributed by atoms with van der Waals surface area (Å²) in [4.78, 5) is 13.5. The van der Waals surface area contributed by atoms with Crippen molar-refractivity contribution >= 4 is 33.3 Å². The lowest BCUT2D eigenvalue weighted by Crippen LogP contribution is -2.37. The van der Waals surface area contributed by atoms with Gasteiger partial charge in [0.15, 0.2) is 0 Å². The Morgan fingerprint density at radius 1 is 1.33 bits per heavy atom. The highest BCUT2D eigenvalue weighted by molar-refractivity contribution is 7.18. The third-order valence-corrected chi connectivity index (χ3v) is 5.11. The summed E-state index contributed by atoms with van der Waals surface area (Å²) < 4.78 is 5.72. The Morgan fingerprint density at radius 3 is 2.76 bits per heavy atom. The first-order chi connectivity index (χ1) is 10.2. The third kappa shape index (κ3) is 2.96. The second-order valence-electron chi connectivity index (χ2n) is 5.33. The third-order valence-electron chi connectivity index (χ3n) is 3.93. The van der Waals surface area contributed by atoms with E-state index in [4.69, 9.17) is 10.5 Å². The Hall–Kier alpha value is -1.40. The van der Waals surface area contributed by atoms with E-state index in [2.05, 4.69) is 34.8 Å². The zero-order valence-electron chi connectivity index (χ0n) is 12.6. The Labute approximate surface area is 129 Å². The number of rotatable bonds is 4. The van der Waals surface area contributed by atoms with E-state index in [1.54, 1.807) is 11.3 Å². The SMILES string of the molecule is CCOC1CCN(c2nc(N)nc3sc(CC)cc23)CC1. The maximum absolute atomic E-state index is 5.89. The fourth-order valence-corrected chi connectivity index (χ4v) is 3.83. The van der Waals surface area contributed by atoms with Gasteiger partial charge in [-0.2, -0.15) is 4.98 Å². The van der Waals surface area contributed by atoms with E-state index in [1.165, 1.54) is 4.88 Å². The molecule has 1 fully saturated rings. The second kappa shape index (κ2) is 6.15. The van der Waals surface area contributed by atoms with Gasteiger partial charge in [-0.3, -0.25) is 0 Å². The van der Waals surface area contributed by atoms with Gasteiger partial charge < -0.3 is 15.4 Å². The summed E-state index contributed by atoms with van der Waals surface area (Å²) in [5, 5.41) is 1.14. The van der Waals surface area contributed by atoms with E-state index in [1.807, 2.05) is 0 Å². The maximum atomic E-state index is 5.89. The average Bonchev–Trinajstić information content (AvgIpc) is 2.90. The molecule has 3 heterocycles. The fraction of sp³-hybridized carbons (Fsp3) is 0.600. The molecule has 0 bridgehead atoms. The van der Waals surface area contributed by atoms with Crippen LogP contribution >= 0.6 is 11.3 Å². The van der Waals surface area contributed by atoms with Crippen LogP contribution in [0.4, 0.5) is 11.8 Å². The number of anilines is 2. The highest BCUT2D eigenvalue weighted by Gasteiger charge is 2.23. The Balaban J connectivity index is 1.88.